The summed E-state index contributed by atoms with van der Waals surface area (Å²) in [6.45, 7) is 4.05. The van der Waals surface area contributed by atoms with E-state index in [0.29, 0.717) is 12.8 Å². The molecule has 0 amide bonds. The molecule has 0 radical (unpaired) electrons. The van der Waals surface area contributed by atoms with E-state index in [4.69, 9.17) is 9.47 Å². The second-order valence-corrected chi connectivity index (χ2v) is 16.2. The highest BCUT2D eigenvalue weighted by Crippen LogP contribution is 2.16. The molecule has 0 spiro atoms. The van der Waals surface area contributed by atoms with Crippen molar-refractivity contribution in [2.24, 2.45) is 0 Å². The fraction of sp³-hybridized carbons (Fsp3) is 0.804. The van der Waals surface area contributed by atoms with E-state index in [-0.39, 0.29) is 25.2 Å². The van der Waals surface area contributed by atoms with Gasteiger partial charge >= 0.3 is 11.9 Å². The number of hydrogen-bond donors (Lipinski definition) is 1. The molecule has 0 heterocycles. The maximum atomic E-state index is 12.2. The molecule has 1 atom stereocenters. The predicted molar refractivity (Wildman–Crippen MR) is 242 cm³/mol. The van der Waals surface area contributed by atoms with Crippen LogP contribution in [-0.2, 0) is 19.1 Å². The first-order valence-electron chi connectivity index (χ1n) is 24.2. The van der Waals surface area contributed by atoms with Crippen LogP contribution in [0, 0.1) is 0 Å². The molecule has 1 unspecified atom stereocenters. The Balaban J connectivity index is 3.48. The highest BCUT2D eigenvalue weighted by atomic mass is 16.6. The number of allylic oxidation sites excluding steroid dienone is 8. The van der Waals surface area contributed by atoms with Crippen LogP contribution in [0.2, 0.25) is 0 Å². The first-order valence-corrected chi connectivity index (χ1v) is 24.2. The minimum absolute atomic E-state index is 0.0624. The molecule has 0 aromatic rings. The van der Waals surface area contributed by atoms with Gasteiger partial charge < -0.3 is 14.6 Å². The van der Waals surface area contributed by atoms with Crippen molar-refractivity contribution in [2.45, 2.75) is 251 Å². The average Bonchev–Trinajstić information content (AvgIpc) is 3.20. The summed E-state index contributed by atoms with van der Waals surface area (Å²) in [5.41, 5.74) is 0. The molecule has 0 saturated carbocycles. The Kier molecular flexibility index (Phi) is 45.4. The van der Waals surface area contributed by atoms with Crippen molar-refractivity contribution < 1.29 is 24.2 Å². The van der Waals surface area contributed by atoms with Gasteiger partial charge in [-0.05, 0) is 51.4 Å². The van der Waals surface area contributed by atoms with Crippen LogP contribution in [0.4, 0.5) is 0 Å². The Morgan fingerprint density at radius 2 is 0.768 bits per heavy atom. The van der Waals surface area contributed by atoms with Gasteiger partial charge in [0.25, 0.3) is 0 Å². The molecule has 326 valence electrons. The molecule has 0 saturated heterocycles. The van der Waals surface area contributed by atoms with Crippen LogP contribution in [0.3, 0.4) is 0 Å². The molecule has 5 heteroatoms. The molecule has 0 aliphatic heterocycles. The summed E-state index contributed by atoms with van der Waals surface area (Å²) in [6.07, 6.45) is 60.5. The van der Waals surface area contributed by atoms with Crippen LogP contribution in [0.25, 0.3) is 0 Å². The Bertz CT molecular complexity index is 935. The summed E-state index contributed by atoms with van der Waals surface area (Å²) >= 11 is 0. The van der Waals surface area contributed by atoms with Gasteiger partial charge in [0.15, 0.2) is 6.10 Å². The van der Waals surface area contributed by atoms with Crippen LogP contribution in [-0.4, -0.2) is 36.4 Å². The van der Waals surface area contributed by atoms with Crippen molar-refractivity contribution in [1.82, 2.24) is 0 Å². The Morgan fingerprint density at radius 3 is 1.16 bits per heavy atom. The van der Waals surface area contributed by atoms with Crippen LogP contribution in [0.5, 0.6) is 0 Å². The predicted octanol–water partition coefficient (Wildman–Crippen LogP) is 15.7. The van der Waals surface area contributed by atoms with E-state index >= 15 is 0 Å². The maximum absolute atomic E-state index is 12.2. The zero-order chi connectivity index (χ0) is 40.7. The van der Waals surface area contributed by atoms with Gasteiger partial charge in [-0.15, -0.1) is 0 Å². The third-order valence-corrected chi connectivity index (χ3v) is 10.6. The van der Waals surface area contributed by atoms with Crippen LogP contribution < -0.4 is 0 Å². The third kappa shape index (κ3) is 44.6. The molecular weight excluding hydrogens is 693 g/mol. The first kappa shape index (κ1) is 53.9. The number of aliphatic hydroxyl groups is 1. The molecule has 1 N–H and O–H groups in total. The van der Waals surface area contributed by atoms with Crippen molar-refractivity contribution in [2.75, 3.05) is 13.2 Å². The van der Waals surface area contributed by atoms with E-state index in [2.05, 4.69) is 62.5 Å². The lowest BCUT2D eigenvalue weighted by molar-refractivity contribution is -0.161. The summed E-state index contributed by atoms with van der Waals surface area (Å²) in [7, 11) is 0. The SMILES string of the molecule is CC/C=C\C/C=C\C/C=C\C/C=C\CCCCCCCCCCCCCCCCC(=O)OC(CO)COC(=O)CCCCCCCCCCCCCCCCC. The van der Waals surface area contributed by atoms with E-state index < -0.39 is 6.10 Å². The number of ether oxygens (including phenoxy) is 2. The lowest BCUT2D eigenvalue weighted by atomic mass is 10.0. The molecule has 0 fully saturated rings. The fourth-order valence-electron chi connectivity index (χ4n) is 7.02. The number of aliphatic hydroxyl groups excluding tert-OH is 1. The Labute approximate surface area is 348 Å². The van der Waals surface area contributed by atoms with E-state index in [1.807, 2.05) is 0 Å². The van der Waals surface area contributed by atoms with E-state index in [1.54, 1.807) is 0 Å². The number of rotatable bonds is 44. The van der Waals surface area contributed by atoms with Crippen LogP contribution in [0.1, 0.15) is 245 Å². The van der Waals surface area contributed by atoms with Crippen LogP contribution in [0.15, 0.2) is 48.6 Å². The molecule has 0 aromatic carbocycles. The second kappa shape index (κ2) is 47.2. The number of hydrogen-bond acceptors (Lipinski definition) is 5. The number of carbonyl (C=O) groups is 2. The van der Waals surface area contributed by atoms with Gasteiger partial charge in [-0.25, -0.2) is 0 Å². The highest BCUT2D eigenvalue weighted by molar-refractivity contribution is 5.70. The normalized spacial score (nSPS) is 12.6. The van der Waals surface area contributed by atoms with Crippen molar-refractivity contribution in [1.29, 1.82) is 0 Å². The lowest BCUT2D eigenvalue weighted by Crippen LogP contribution is -2.28. The molecular formula is C51H92O5. The van der Waals surface area contributed by atoms with Crippen LogP contribution >= 0.6 is 0 Å². The van der Waals surface area contributed by atoms with Crippen molar-refractivity contribution in [3.8, 4) is 0 Å². The molecule has 56 heavy (non-hydrogen) atoms. The van der Waals surface area contributed by atoms with Gasteiger partial charge in [0.05, 0.1) is 6.61 Å². The number of unbranched alkanes of at least 4 members (excludes halogenated alkanes) is 28. The molecule has 0 rings (SSSR count). The van der Waals surface area contributed by atoms with E-state index in [1.165, 1.54) is 154 Å². The summed E-state index contributed by atoms with van der Waals surface area (Å²) in [6, 6.07) is 0. The Hall–Kier alpha value is -2.14. The van der Waals surface area contributed by atoms with E-state index in [9.17, 15) is 14.7 Å². The van der Waals surface area contributed by atoms with Crippen molar-refractivity contribution >= 4 is 11.9 Å². The molecule has 5 nitrogen and oxygen atoms in total. The average molecular weight is 785 g/mol. The minimum Gasteiger partial charge on any atom is -0.462 e. The first-order chi connectivity index (χ1) is 27.6. The topological polar surface area (TPSA) is 72.8 Å². The minimum atomic E-state index is -0.769. The van der Waals surface area contributed by atoms with Gasteiger partial charge in [-0.3, -0.25) is 9.59 Å². The smallest absolute Gasteiger partial charge is 0.306 e. The van der Waals surface area contributed by atoms with Gasteiger partial charge in [0, 0.05) is 12.8 Å². The van der Waals surface area contributed by atoms with Gasteiger partial charge in [0.2, 0.25) is 0 Å². The number of carbonyl (C=O) groups excluding carboxylic acids is 2. The third-order valence-electron chi connectivity index (χ3n) is 10.6. The Morgan fingerprint density at radius 1 is 0.429 bits per heavy atom. The summed E-state index contributed by atoms with van der Waals surface area (Å²) in [5.74, 6) is -0.581. The number of esters is 2. The van der Waals surface area contributed by atoms with Gasteiger partial charge in [-0.1, -0.05) is 229 Å². The van der Waals surface area contributed by atoms with Crippen molar-refractivity contribution in [3.63, 3.8) is 0 Å². The molecule has 0 aliphatic carbocycles. The largest absolute Gasteiger partial charge is 0.462 e. The van der Waals surface area contributed by atoms with E-state index in [0.717, 1.165) is 64.2 Å². The second-order valence-electron chi connectivity index (χ2n) is 16.2. The van der Waals surface area contributed by atoms with Gasteiger partial charge in [-0.2, -0.15) is 0 Å². The summed E-state index contributed by atoms with van der Waals surface area (Å²) < 4.78 is 10.7. The standard InChI is InChI=1S/C51H92O5/c1-3-5-7-9-11-13-15-17-19-20-21-22-23-24-25-26-27-28-29-30-32-34-36-38-40-42-44-46-51(54)56-49(47-52)48-55-50(53)45-43-41-39-37-35-33-31-18-16-14-12-10-8-6-4-2/h5,7,11,13,17,19,21-22,49,52H,3-4,6,8-10,12,14-16,18,20,23-48H2,1-2H3/b7-5-,13-11-,19-17-,22-21-. The summed E-state index contributed by atoms with van der Waals surface area (Å²) in [5, 5.41) is 9.60. The van der Waals surface area contributed by atoms with Gasteiger partial charge in [0.1, 0.15) is 6.61 Å². The summed E-state index contributed by atoms with van der Waals surface area (Å²) in [4.78, 5) is 24.4. The zero-order valence-electron chi connectivity index (χ0n) is 37.1. The zero-order valence-corrected chi connectivity index (χ0v) is 37.1. The maximum Gasteiger partial charge on any atom is 0.306 e. The molecule has 0 aromatic heterocycles. The highest BCUT2D eigenvalue weighted by Gasteiger charge is 2.16. The van der Waals surface area contributed by atoms with Crippen molar-refractivity contribution in [3.05, 3.63) is 48.6 Å². The fourth-order valence-corrected chi connectivity index (χ4v) is 7.02. The molecule has 0 aliphatic rings. The molecule has 0 bridgehead atoms. The lowest BCUT2D eigenvalue weighted by Gasteiger charge is -2.15. The quantitative estimate of drug-likeness (QED) is 0.0378. The monoisotopic (exact) mass is 785 g/mol.